The van der Waals surface area contributed by atoms with Crippen LogP contribution in [-0.4, -0.2) is 26.7 Å². The van der Waals surface area contributed by atoms with Crippen LogP contribution in [0.15, 0.2) is 23.4 Å². The molecule has 1 aromatic carbocycles. The first kappa shape index (κ1) is 10.9. The molecule has 0 aliphatic carbocycles. The summed E-state index contributed by atoms with van der Waals surface area (Å²) in [5, 5.41) is 2.88. The topological polar surface area (TPSA) is 41.9 Å². The molecular weight excluding hydrogens is 204 g/mol. The van der Waals surface area contributed by atoms with Gasteiger partial charge in [-0.15, -0.1) is 0 Å². The van der Waals surface area contributed by atoms with Gasteiger partial charge in [-0.3, -0.25) is 0 Å². The Morgan fingerprint density at radius 3 is 3.12 bits per heavy atom. The number of hydrogen-bond acceptors (Lipinski definition) is 4. The smallest absolute Gasteiger partial charge is 0.119 e. The Labute approximate surface area is 95.2 Å². The first-order valence-electron chi connectivity index (χ1n) is 5.56. The van der Waals surface area contributed by atoms with Gasteiger partial charge in [-0.05, 0) is 36.6 Å². The van der Waals surface area contributed by atoms with Crippen molar-refractivity contribution in [1.82, 2.24) is 0 Å². The zero-order chi connectivity index (χ0) is 11.4. The van der Waals surface area contributed by atoms with Gasteiger partial charge in [0, 0.05) is 18.8 Å². The zero-order valence-electron chi connectivity index (χ0n) is 9.48. The third-order valence-electron chi connectivity index (χ3n) is 2.96. The van der Waals surface area contributed by atoms with Crippen LogP contribution in [0.3, 0.4) is 0 Å². The average Bonchev–Trinajstić information content (AvgIpc) is 2.72. The van der Waals surface area contributed by atoms with E-state index in [1.165, 1.54) is 11.3 Å². The second kappa shape index (κ2) is 4.96. The Morgan fingerprint density at radius 2 is 2.38 bits per heavy atom. The van der Waals surface area contributed by atoms with E-state index >= 15 is 0 Å². The summed E-state index contributed by atoms with van der Waals surface area (Å²) < 4.78 is 5.20. The van der Waals surface area contributed by atoms with Gasteiger partial charge in [-0.1, -0.05) is 5.18 Å². The van der Waals surface area contributed by atoms with Gasteiger partial charge in [0.15, 0.2) is 0 Å². The minimum atomic E-state index is 0.405. The van der Waals surface area contributed by atoms with E-state index in [9.17, 15) is 4.91 Å². The number of rotatable bonds is 5. The largest absolute Gasteiger partial charge is 0.497 e. The van der Waals surface area contributed by atoms with Crippen molar-refractivity contribution in [2.75, 3.05) is 31.6 Å². The highest BCUT2D eigenvalue weighted by atomic mass is 16.5. The van der Waals surface area contributed by atoms with Gasteiger partial charge < -0.3 is 9.64 Å². The van der Waals surface area contributed by atoms with E-state index in [1.807, 2.05) is 6.07 Å². The quantitative estimate of drug-likeness (QED) is 0.564. The van der Waals surface area contributed by atoms with Crippen molar-refractivity contribution in [2.24, 2.45) is 5.18 Å². The summed E-state index contributed by atoms with van der Waals surface area (Å²) in [5.41, 5.74) is 2.60. The van der Waals surface area contributed by atoms with Crippen molar-refractivity contribution in [3.05, 3.63) is 28.7 Å². The van der Waals surface area contributed by atoms with E-state index < -0.39 is 0 Å². The second-order valence-corrected chi connectivity index (χ2v) is 3.94. The van der Waals surface area contributed by atoms with E-state index in [1.54, 1.807) is 7.11 Å². The number of ether oxygens (including phenoxy) is 1. The van der Waals surface area contributed by atoms with Gasteiger partial charge in [0.25, 0.3) is 0 Å². The van der Waals surface area contributed by atoms with Crippen LogP contribution in [0.5, 0.6) is 5.75 Å². The number of benzene rings is 1. The van der Waals surface area contributed by atoms with Gasteiger partial charge in [0.1, 0.15) is 5.75 Å². The first-order valence-corrected chi connectivity index (χ1v) is 5.56. The number of nitrogens with zero attached hydrogens (tertiary/aromatic N) is 2. The summed E-state index contributed by atoms with van der Waals surface area (Å²) >= 11 is 0. The molecule has 2 rings (SSSR count). The third-order valence-corrected chi connectivity index (χ3v) is 2.96. The van der Waals surface area contributed by atoms with Crippen molar-refractivity contribution in [2.45, 2.75) is 12.8 Å². The molecule has 4 heteroatoms. The fourth-order valence-electron chi connectivity index (χ4n) is 2.13. The molecule has 0 radical (unpaired) electrons. The van der Waals surface area contributed by atoms with Gasteiger partial charge in [-0.25, -0.2) is 0 Å². The summed E-state index contributed by atoms with van der Waals surface area (Å²) in [7, 11) is 1.68. The molecule has 0 saturated heterocycles. The van der Waals surface area contributed by atoms with Gasteiger partial charge in [-0.2, -0.15) is 4.91 Å². The summed E-state index contributed by atoms with van der Waals surface area (Å²) in [5.74, 6) is 0.912. The highest BCUT2D eigenvalue weighted by molar-refractivity contribution is 5.60. The molecule has 0 spiro atoms. The van der Waals surface area contributed by atoms with E-state index in [0.29, 0.717) is 6.54 Å². The van der Waals surface area contributed by atoms with Crippen molar-refractivity contribution < 1.29 is 4.74 Å². The predicted octanol–water partition coefficient (Wildman–Crippen LogP) is 2.21. The molecule has 4 nitrogen and oxygen atoms in total. The molecule has 0 aromatic heterocycles. The minimum Gasteiger partial charge on any atom is -0.497 e. The number of nitroso groups, excluding NO2 is 1. The van der Waals surface area contributed by atoms with E-state index in [4.69, 9.17) is 4.74 Å². The Morgan fingerprint density at radius 1 is 1.50 bits per heavy atom. The highest BCUT2D eigenvalue weighted by Crippen LogP contribution is 2.31. The molecule has 0 fully saturated rings. The third kappa shape index (κ3) is 2.15. The lowest BCUT2D eigenvalue weighted by atomic mass is 10.1. The van der Waals surface area contributed by atoms with Crippen LogP contribution in [0.4, 0.5) is 5.69 Å². The summed E-state index contributed by atoms with van der Waals surface area (Å²) in [6.45, 7) is 2.34. The Bertz CT molecular complexity index is 379. The highest BCUT2D eigenvalue weighted by Gasteiger charge is 2.18. The molecule has 1 aliphatic heterocycles. The monoisotopic (exact) mass is 220 g/mol. The van der Waals surface area contributed by atoms with Crippen LogP contribution in [-0.2, 0) is 6.42 Å². The van der Waals surface area contributed by atoms with Gasteiger partial charge >= 0.3 is 0 Å². The lowest BCUT2D eigenvalue weighted by Gasteiger charge is -2.18. The Balaban J connectivity index is 2.05. The van der Waals surface area contributed by atoms with Crippen molar-refractivity contribution in [3.8, 4) is 5.75 Å². The van der Waals surface area contributed by atoms with Gasteiger partial charge in [0.05, 0.1) is 13.7 Å². The number of methoxy groups -OCH3 is 1. The Hall–Kier alpha value is -1.58. The van der Waals surface area contributed by atoms with Crippen molar-refractivity contribution >= 4 is 5.69 Å². The molecule has 0 atom stereocenters. The maximum Gasteiger partial charge on any atom is 0.119 e. The van der Waals surface area contributed by atoms with Crippen LogP contribution in [0.1, 0.15) is 12.0 Å². The standard InChI is InChI=1S/C12H16N2O2/c1-16-11-3-4-12-10(9-11)5-8-14(12)7-2-6-13-15/h3-4,9H,2,5-8H2,1H3. The summed E-state index contributed by atoms with van der Waals surface area (Å²) in [4.78, 5) is 12.3. The predicted molar refractivity (Wildman–Crippen MR) is 64.2 cm³/mol. The number of hydrogen-bond donors (Lipinski definition) is 0. The van der Waals surface area contributed by atoms with Crippen LogP contribution < -0.4 is 9.64 Å². The molecule has 0 N–H and O–H groups in total. The minimum absolute atomic E-state index is 0.405. The van der Waals surface area contributed by atoms with E-state index in [2.05, 4.69) is 22.2 Å². The average molecular weight is 220 g/mol. The molecule has 0 amide bonds. The van der Waals surface area contributed by atoms with Crippen LogP contribution >= 0.6 is 0 Å². The summed E-state index contributed by atoms with van der Waals surface area (Å²) in [6, 6.07) is 6.16. The van der Waals surface area contributed by atoms with Crippen molar-refractivity contribution in [1.29, 1.82) is 0 Å². The fraction of sp³-hybridized carbons (Fsp3) is 0.500. The van der Waals surface area contributed by atoms with Crippen LogP contribution in [0.2, 0.25) is 0 Å². The second-order valence-electron chi connectivity index (χ2n) is 3.94. The molecule has 1 aromatic rings. The Kier molecular flexibility index (Phi) is 3.39. The van der Waals surface area contributed by atoms with E-state index in [0.717, 1.165) is 31.7 Å². The maximum absolute atomic E-state index is 10.0. The molecule has 1 aliphatic rings. The van der Waals surface area contributed by atoms with Crippen LogP contribution in [0, 0.1) is 4.91 Å². The molecular formula is C12H16N2O2. The SMILES string of the molecule is COc1ccc2c(c1)CCN2CCCN=O. The summed E-state index contributed by atoms with van der Waals surface area (Å²) in [6.07, 6.45) is 1.88. The van der Waals surface area contributed by atoms with Crippen molar-refractivity contribution in [3.63, 3.8) is 0 Å². The molecule has 0 unspecified atom stereocenters. The molecule has 1 heterocycles. The number of fused-ring (bicyclic) bond motifs is 1. The normalized spacial score (nSPS) is 13.7. The molecule has 0 saturated carbocycles. The molecule has 0 bridgehead atoms. The molecule has 86 valence electrons. The lowest BCUT2D eigenvalue weighted by Crippen LogP contribution is -2.22. The van der Waals surface area contributed by atoms with E-state index in [-0.39, 0.29) is 0 Å². The fourth-order valence-corrected chi connectivity index (χ4v) is 2.13. The van der Waals surface area contributed by atoms with Crippen LogP contribution in [0.25, 0.3) is 0 Å². The maximum atomic E-state index is 10.0. The lowest BCUT2D eigenvalue weighted by molar-refractivity contribution is 0.414. The number of anilines is 1. The zero-order valence-corrected chi connectivity index (χ0v) is 9.48. The van der Waals surface area contributed by atoms with Gasteiger partial charge in [0.2, 0.25) is 0 Å². The molecule has 16 heavy (non-hydrogen) atoms. The first-order chi connectivity index (χ1) is 7.85.